The monoisotopic (exact) mass is 288 g/mol. The number of halogens is 3. The highest BCUT2D eigenvalue weighted by atomic mass is 35.5. The molecule has 0 aliphatic heterocycles. The zero-order valence-corrected chi connectivity index (χ0v) is 10.9. The van der Waals surface area contributed by atoms with Gasteiger partial charge in [0.05, 0.1) is 18.5 Å². The van der Waals surface area contributed by atoms with E-state index in [1.807, 2.05) is 6.07 Å². The van der Waals surface area contributed by atoms with Crippen LogP contribution in [0.15, 0.2) is 41.3 Å². The third-order valence-electron chi connectivity index (χ3n) is 2.39. The Labute approximate surface area is 114 Å². The van der Waals surface area contributed by atoms with E-state index < -0.39 is 5.63 Å². The van der Waals surface area contributed by atoms with E-state index in [-0.39, 0.29) is 6.54 Å². The number of alkyl halides is 2. The maximum absolute atomic E-state index is 13.0. The first-order chi connectivity index (χ1) is 8.65. The van der Waals surface area contributed by atoms with Crippen LogP contribution in [0.2, 0.25) is 5.15 Å². The zero-order valence-electron chi connectivity index (χ0n) is 9.39. The minimum Gasteiger partial charge on any atom is -0.470 e. The Balaban J connectivity index is 2.12. The van der Waals surface area contributed by atoms with Gasteiger partial charge < -0.3 is 9.32 Å². The second-order valence-corrected chi connectivity index (χ2v) is 4.60. The van der Waals surface area contributed by atoms with Crippen molar-refractivity contribution in [3.05, 3.63) is 47.6 Å². The van der Waals surface area contributed by atoms with Gasteiger partial charge in [0.1, 0.15) is 11.4 Å². The van der Waals surface area contributed by atoms with Crippen LogP contribution < -0.4 is 4.90 Å². The van der Waals surface area contributed by atoms with Crippen molar-refractivity contribution in [2.24, 2.45) is 0 Å². The molecule has 0 aliphatic rings. The van der Waals surface area contributed by atoms with E-state index >= 15 is 0 Å². The quantitative estimate of drug-likeness (QED) is 0.618. The predicted octanol–water partition coefficient (Wildman–Crippen LogP) is 3.87. The van der Waals surface area contributed by atoms with Gasteiger partial charge in [-0.15, -0.1) is 0 Å². The van der Waals surface area contributed by atoms with Crippen LogP contribution in [0, 0.1) is 0 Å². The standard InChI is InChI=1S/C12H11Cl2FN2O/c13-11(15)7-17(10-3-4-18-8-10)6-9-1-2-12(14)16-5-9/h1-5,8,11H,6-7H2. The minimum absolute atomic E-state index is 0.0731. The SMILES string of the molecule is FC(Cl)CN(Cc1ccc(Cl)nc1)c1ccoc1. The summed E-state index contributed by atoms with van der Waals surface area (Å²) in [7, 11) is 0. The Morgan fingerprint density at radius 1 is 1.39 bits per heavy atom. The van der Waals surface area contributed by atoms with Crippen molar-refractivity contribution in [2.45, 2.75) is 12.2 Å². The molecule has 2 rings (SSSR count). The van der Waals surface area contributed by atoms with Crippen LogP contribution in [0.5, 0.6) is 0 Å². The van der Waals surface area contributed by atoms with Crippen molar-refractivity contribution in [2.75, 3.05) is 11.4 Å². The van der Waals surface area contributed by atoms with Crippen molar-refractivity contribution >= 4 is 28.9 Å². The van der Waals surface area contributed by atoms with Crippen LogP contribution in [0.25, 0.3) is 0 Å². The normalized spacial score (nSPS) is 12.4. The fraction of sp³-hybridized carbons (Fsp3) is 0.250. The van der Waals surface area contributed by atoms with E-state index in [2.05, 4.69) is 4.98 Å². The van der Waals surface area contributed by atoms with E-state index in [0.717, 1.165) is 11.3 Å². The second kappa shape index (κ2) is 6.07. The fourth-order valence-corrected chi connectivity index (χ4v) is 1.86. The summed E-state index contributed by atoms with van der Waals surface area (Å²) in [5.74, 6) is 0. The second-order valence-electron chi connectivity index (χ2n) is 3.74. The first-order valence-corrected chi connectivity index (χ1v) is 6.12. The number of pyridine rings is 1. The Morgan fingerprint density at radius 2 is 2.22 bits per heavy atom. The maximum Gasteiger partial charge on any atom is 0.190 e. The topological polar surface area (TPSA) is 29.3 Å². The first-order valence-electron chi connectivity index (χ1n) is 5.31. The molecule has 0 N–H and O–H groups in total. The molecule has 0 aromatic carbocycles. The number of anilines is 1. The van der Waals surface area contributed by atoms with Gasteiger partial charge in [0.15, 0.2) is 5.63 Å². The lowest BCUT2D eigenvalue weighted by molar-refractivity contribution is 0.439. The highest BCUT2D eigenvalue weighted by Gasteiger charge is 2.13. The van der Waals surface area contributed by atoms with E-state index in [9.17, 15) is 4.39 Å². The van der Waals surface area contributed by atoms with Crippen molar-refractivity contribution < 1.29 is 8.81 Å². The van der Waals surface area contributed by atoms with Gasteiger partial charge in [0, 0.05) is 12.7 Å². The minimum atomic E-state index is -1.44. The van der Waals surface area contributed by atoms with Crippen molar-refractivity contribution in [1.29, 1.82) is 0 Å². The number of hydrogen-bond acceptors (Lipinski definition) is 3. The van der Waals surface area contributed by atoms with Gasteiger partial charge in [-0.3, -0.25) is 0 Å². The van der Waals surface area contributed by atoms with Gasteiger partial charge >= 0.3 is 0 Å². The molecule has 0 radical (unpaired) electrons. The number of rotatable bonds is 5. The lowest BCUT2D eigenvalue weighted by Crippen LogP contribution is -2.27. The molecule has 1 atom stereocenters. The summed E-state index contributed by atoms with van der Waals surface area (Å²) in [5.41, 5.74) is 0.242. The highest BCUT2D eigenvalue weighted by Crippen LogP contribution is 2.19. The van der Waals surface area contributed by atoms with E-state index in [1.165, 1.54) is 6.26 Å². The number of hydrogen-bond donors (Lipinski definition) is 0. The molecule has 0 fully saturated rings. The van der Waals surface area contributed by atoms with Gasteiger partial charge in [-0.25, -0.2) is 9.37 Å². The van der Waals surface area contributed by atoms with Crippen LogP contribution in [-0.4, -0.2) is 17.2 Å². The lowest BCUT2D eigenvalue weighted by Gasteiger charge is -2.22. The van der Waals surface area contributed by atoms with E-state index in [1.54, 1.807) is 29.5 Å². The molecule has 0 saturated heterocycles. The molecule has 2 aromatic heterocycles. The molecule has 6 heteroatoms. The summed E-state index contributed by atoms with van der Waals surface area (Å²) in [6.45, 7) is 0.556. The molecule has 2 aromatic rings. The Kier molecular flexibility index (Phi) is 4.44. The molecular formula is C12H11Cl2FN2O. The summed E-state index contributed by atoms with van der Waals surface area (Å²) in [6.07, 6.45) is 4.73. The van der Waals surface area contributed by atoms with E-state index in [0.29, 0.717) is 11.7 Å². The smallest absolute Gasteiger partial charge is 0.190 e. The average molecular weight is 289 g/mol. The van der Waals surface area contributed by atoms with Crippen LogP contribution in [0.3, 0.4) is 0 Å². The maximum atomic E-state index is 13.0. The van der Waals surface area contributed by atoms with Gasteiger partial charge in [-0.1, -0.05) is 29.3 Å². The highest BCUT2D eigenvalue weighted by molar-refractivity contribution is 6.29. The van der Waals surface area contributed by atoms with Gasteiger partial charge in [0.25, 0.3) is 0 Å². The average Bonchev–Trinajstić information content (AvgIpc) is 2.84. The Bertz CT molecular complexity index is 473. The molecule has 0 bridgehead atoms. The van der Waals surface area contributed by atoms with Crippen LogP contribution >= 0.6 is 23.2 Å². The Morgan fingerprint density at radius 3 is 2.78 bits per heavy atom. The molecule has 2 heterocycles. The molecular weight excluding hydrogens is 278 g/mol. The molecule has 0 saturated carbocycles. The molecule has 0 amide bonds. The van der Waals surface area contributed by atoms with Crippen molar-refractivity contribution in [1.82, 2.24) is 4.98 Å². The molecule has 18 heavy (non-hydrogen) atoms. The van der Waals surface area contributed by atoms with Gasteiger partial charge in [0.2, 0.25) is 0 Å². The number of aromatic nitrogens is 1. The van der Waals surface area contributed by atoms with Crippen LogP contribution in [0.4, 0.5) is 10.1 Å². The predicted molar refractivity (Wildman–Crippen MR) is 69.8 cm³/mol. The van der Waals surface area contributed by atoms with Crippen molar-refractivity contribution in [3.8, 4) is 0 Å². The van der Waals surface area contributed by atoms with E-state index in [4.69, 9.17) is 27.6 Å². The first kappa shape index (κ1) is 13.2. The summed E-state index contributed by atoms with van der Waals surface area (Å²) >= 11 is 11.1. The molecule has 0 spiro atoms. The van der Waals surface area contributed by atoms with Crippen LogP contribution in [0.1, 0.15) is 5.56 Å². The Hall–Kier alpha value is -1.26. The summed E-state index contributed by atoms with van der Waals surface area (Å²) < 4.78 is 18.0. The van der Waals surface area contributed by atoms with Gasteiger partial charge in [-0.2, -0.15) is 0 Å². The molecule has 96 valence electrons. The summed E-state index contributed by atoms with van der Waals surface area (Å²) in [5, 5.41) is 0.425. The fourth-order valence-electron chi connectivity index (χ4n) is 1.59. The number of furan rings is 1. The van der Waals surface area contributed by atoms with Crippen LogP contribution in [-0.2, 0) is 6.54 Å². The molecule has 1 unspecified atom stereocenters. The molecule has 0 aliphatic carbocycles. The van der Waals surface area contributed by atoms with Crippen molar-refractivity contribution in [3.63, 3.8) is 0 Å². The lowest BCUT2D eigenvalue weighted by atomic mass is 10.2. The summed E-state index contributed by atoms with van der Waals surface area (Å²) in [6, 6.07) is 5.28. The summed E-state index contributed by atoms with van der Waals surface area (Å²) in [4.78, 5) is 5.75. The third-order valence-corrected chi connectivity index (χ3v) is 2.75. The molecule has 3 nitrogen and oxygen atoms in total. The zero-order chi connectivity index (χ0) is 13.0. The number of nitrogens with zero attached hydrogens (tertiary/aromatic N) is 2. The third kappa shape index (κ3) is 3.62. The largest absolute Gasteiger partial charge is 0.470 e. The van der Waals surface area contributed by atoms with Gasteiger partial charge in [-0.05, 0) is 17.7 Å².